The quantitative estimate of drug-likeness (QED) is 0.612. The second-order valence-electron chi connectivity index (χ2n) is 6.95. The number of aromatic nitrogens is 2. The SMILES string of the molecule is Cc1ccc2nc(NC(=O)C3CCN(S(=O)(=O)c4cccnc4Cl)CC3)sc2c1. The van der Waals surface area contributed by atoms with Crippen LogP contribution in [0.15, 0.2) is 41.4 Å². The second kappa shape index (κ2) is 7.98. The van der Waals surface area contributed by atoms with Gasteiger partial charge in [0.25, 0.3) is 0 Å². The standard InChI is InChI=1S/C19H19ClN4O3S2/c1-12-4-5-14-15(11-12)28-19(22-14)23-18(25)13-6-9-24(10-7-13)29(26,27)16-3-2-8-21-17(16)20/h2-5,8,11,13H,6-7,9-10H2,1H3,(H,22,23,25). The molecular formula is C19H19ClN4O3S2. The summed E-state index contributed by atoms with van der Waals surface area (Å²) in [7, 11) is -3.73. The van der Waals surface area contributed by atoms with E-state index in [0.717, 1.165) is 15.8 Å². The number of nitrogens with zero attached hydrogens (tertiary/aromatic N) is 3. The third-order valence-corrected chi connectivity index (χ3v) is 8.22. The van der Waals surface area contributed by atoms with Crippen LogP contribution in [0.25, 0.3) is 10.2 Å². The number of thiazole rings is 1. The Morgan fingerprint density at radius 2 is 2.03 bits per heavy atom. The lowest BCUT2D eigenvalue weighted by Gasteiger charge is -2.30. The number of aryl methyl sites for hydroxylation is 1. The highest BCUT2D eigenvalue weighted by Gasteiger charge is 2.33. The van der Waals surface area contributed by atoms with Gasteiger partial charge in [-0.3, -0.25) is 4.79 Å². The molecule has 0 bridgehead atoms. The van der Waals surface area contributed by atoms with Gasteiger partial charge in [0.05, 0.1) is 10.2 Å². The summed E-state index contributed by atoms with van der Waals surface area (Å²) in [4.78, 5) is 20.9. The van der Waals surface area contributed by atoms with Gasteiger partial charge < -0.3 is 5.32 Å². The van der Waals surface area contributed by atoms with Gasteiger partial charge in [-0.15, -0.1) is 0 Å². The van der Waals surface area contributed by atoms with Crippen LogP contribution >= 0.6 is 22.9 Å². The first-order valence-corrected chi connectivity index (χ1v) is 11.8. The molecule has 29 heavy (non-hydrogen) atoms. The van der Waals surface area contributed by atoms with E-state index in [9.17, 15) is 13.2 Å². The van der Waals surface area contributed by atoms with E-state index in [1.807, 2.05) is 25.1 Å². The first kappa shape index (κ1) is 20.2. The lowest BCUT2D eigenvalue weighted by molar-refractivity contribution is -0.120. The Labute approximate surface area is 177 Å². The number of nitrogens with one attached hydrogen (secondary N) is 1. The molecule has 7 nitrogen and oxygen atoms in total. The molecule has 0 aliphatic carbocycles. The number of anilines is 1. The second-order valence-corrected chi connectivity index (χ2v) is 10.2. The molecule has 1 aromatic carbocycles. The molecule has 0 saturated carbocycles. The minimum absolute atomic E-state index is 0.00524. The number of piperidine rings is 1. The predicted molar refractivity (Wildman–Crippen MR) is 114 cm³/mol. The minimum atomic E-state index is -3.73. The van der Waals surface area contributed by atoms with E-state index < -0.39 is 10.0 Å². The molecule has 0 spiro atoms. The van der Waals surface area contributed by atoms with E-state index in [4.69, 9.17) is 11.6 Å². The van der Waals surface area contributed by atoms with Crippen molar-refractivity contribution in [1.82, 2.24) is 14.3 Å². The third kappa shape index (κ3) is 4.13. The summed E-state index contributed by atoms with van der Waals surface area (Å²) in [5.41, 5.74) is 1.99. The highest BCUT2D eigenvalue weighted by molar-refractivity contribution is 7.89. The number of rotatable bonds is 4. The fourth-order valence-electron chi connectivity index (χ4n) is 3.35. The molecule has 3 heterocycles. The van der Waals surface area contributed by atoms with Crippen LogP contribution in [0.3, 0.4) is 0 Å². The summed E-state index contributed by atoms with van der Waals surface area (Å²) in [5.74, 6) is -0.392. The summed E-state index contributed by atoms with van der Waals surface area (Å²) >= 11 is 7.39. The molecular weight excluding hydrogens is 432 g/mol. The van der Waals surface area contributed by atoms with Gasteiger partial charge in [-0.1, -0.05) is 29.0 Å². The Kier molecular flexibility index (Phi) is 5.56. The van der Waals surface area contributed by atoms with Crippen LogP contribution < -0.4 is 5.32 Å². The topological polar surface area (TPSA) is 92.3 Å². The van der Waals surface area contributed by atoms with E-state index in [2.05, 4.69) is 15.3 Å². The number of carbonyl (C=O) groups excluding carboxylic acids is 1. The van der Waals surface area contributed by atoms with Gasteiger partial charge in [0.15, 0.2) is 5.13 Å². The maximum Gasteiger partial charge on any atom is 0.246 e. The molecule has 2 aromatic heterocycles. The van der Waals surface area contributed by atoms with Gasteiger partial charge >= 0.3 is 0 Å². The largest absolute Gasteiger partial charge is 0.302 e. The van der Waals surface area contributed by atoms with Crippen LogP contribution in [0.5, 0.6) is 0 Å². The van der Waals surface area contributed by atoms with E-state index in [-0.39, 0.29) is 35.0 Å². The van der Waals surface area contributed by atoms with Crippen LogP contribution in [0.4, 0.5) is 5.13 Å². The Morgan fingerprint density at radius 1 is 1.28 bits per heavy atom. The molecule has 1 N–H and O–H groups in total. The lowest BCUT2D eigenvalue weighted by atomic mass is 9.97. The average Bonchev–Trinajstić information content (AvgIpc) is 3.09. The number of amides is 1. The maximum atomic E-state index is 12.8. The molecule has 1 aliphatic rings. The van der Waals surface area contributed by atoms with Crippen molar-refractivity contribution >= 4 is 54.2 Å². The van der Waals surface area contributed by atoms with E-state index in [1.54, 1.807) is 6.07 Å². The molecule has 1 amide bonds. The van der Waals surface area contributed by atoms with Crippen LogP contribution in [-0.4, -0.2) is 41.7 Å². The zero-order chi connectivity index (χ0) is 20.6. The number of sulfonamides is 1. The molecule has 1 saturated heterocycles. The fourth-order valence-corrected chi connectivity index (χ4v) is 6.22. The number of benzene rings is 1. The Bertz CT molecular complexity index is 1170. The van der Waals surface area contributed by atoms with Crippen molar-refractivity contribution in [3.63, 3.8) is 0 Å². The first-order chi connectivity index (χ1) is 13.8. The van der Waals surface area contributed by atoms with Crippen molar-refractivity contribution in [2.24, 2.45) is 5.92 Å². The van der Waals surface area contributed by atoms with E-state index in [1.165, 1.54) is 27.9 Å². The van der Waals surface area contributed by atoms with Crippen LogP contribution in [-0.2, 0) is 14.8 Å². The maximum absolute atomic E-state index is 12.8. The Hall–Kier alpha value is -2.07. The first-order valence-electron chi connectivity index (χ1n) is 9.13. The van der Waals surface area contributed by atoms with E-state index >= 15 is 0 Å². The average molecular weight is 451 g/mol. The highest BCUT2D eigenvalue weighted by atomic mass is 35.5. The number of halogens is 1. The van der Waals surface area contributed by atoms with Crippen molar-refractivity contribution in [1.29, 1.82) is 0 Å². The number of hydrogen-bond acceptors (Lipinski definition) is 6. The Morgan fingerprint density at radius 3 is 2.76 bits per heavy atom. The molecule has 0 radical (unpaired) electrons. The highest BCUT2D eigenvalue weighted by Crippen LogP contribution is 2.30. The van der Waals surface area contributed by atoms with Gasteiger partial charge in [0.2, 0.25) is 15.9 Å². The van der Waals surface area contributed by atoms with Gasteiger partial charge in [-0.25, -0.2) is 18.4 Å². The van der Waals surface area contributed by atoms with Crippen molar-refractivity contribution in [2.45, 2.75) is 24.7 Å². The molecule has 0 atom stereocenters. The monoisotopic (exact) mass is 450 g/mol. The predicted octanol–water partition coefficient (Wildman–Crippen LogP) is 3.69. The summed E-state index contributed by atoms with van der Waals surface area (Å²) in [5, 5.41) is 3.40. The molecule has 3 aromatic rings. The van der Waals surface area contributed by atoms with Gasteiger partial charge in [0.1, 0.15) is 10.0 Å². The van der Waals surface area contributed by atoms with Crippen molar-refractivity contribution in [3.8, 4) is 0 Å². The number of fused-ring (bicyclic) bond motifs is 1. The summed E-state index contributed by atoms with van der Waals surface area (Å²) in [6.07, 6.45) is 2.32. The molecule has 0 unspecified atom stereocenters. The number of carbonyl (C=O) groups is 1. The van der Waals surface area contributed by atoms with Crippen molar-refractivity contribution in [3.05, 3.63) is 47.2 Å². The molecule has 1 aliphatic heterocycles. The van der Waals surface area contributed by atoms with E-state index in [0.29, 0.717) is 18.0 Å². The van der Waals surface area contributed by atoms with Gasteiger partial charge in [-0.2, -0.15) is 4.31 Å². The number of pyridine rings is 1. The zero-order valence-corrected chi connectivity index (χ0v) is 18.0. The molecule has 4 rings (SSSR count). The van der Waals surface area contributed by atoms with Crippen LogP contribution in [0.1, 0.15) is 18.4 Å². The minimum Gasteiger partial charge on any atom is -0.302 e. The zero-order valence-electron chi connectivity index (χ0n) is 15.6. The fraction of sp³-hybridized carbons (Fsp3) is 0.316. The summed E-state index contributed by atoms with van der Waals surface area (Å²) in [6.45, 7) is 2.52. The Balaban J connectivity index is 1.41. The van der Waals surface area contributed by atoms with Crippen LogP contribution in [0.2, 0.25) is 5.15 Å². The van der Waals surface area contributed by atoms with Crippen LogP contribution in [0, 0.1) is 12.8 Å². The van der Waals surface area contributed by atoms with Crippen molar-refractivity contribution < 1.29 is 13.2 Å². The van der Waals surface area contributed by atoms with Gasteiger partial charge in [-0.05, 0) is 49.6 Å². The number of hydrogen-bond donors (Lipinski definition) is 1. The molecule has 1 fully saturated rings. The molecule has 10 heteroatoms. The van der Waals surface area contributed by atoms with Crippen molar-refractivity contribution in [2.75, 3.05) is 18.4 Å². The summed E-state index contributed by atoms with van der Waals surface area (Å²) in [6, 6.07) is 8.94. The molecule has 152 valence electrons. The third-order valence-electron chi connectivity index (χ3n) is 4.94. The van der Waals surface area contributed by atoms with Gasteiger partial charge in [0, 0.05) is 25.2 Å². The smallest absolute Gasteiger partial charge is 0.246 e. The summed E-state index contributed by atoms with van der Waals surface area (Å²) < 4.78 is 28.0. The normalized spacial score (nSPS) is 16.2. The lowest BCUT2D eigenvalue weighted by Crippen LogP contribution is -2.41.